The van der Waals surface area contributed by atoms with Gasteiger partial charge in [0.15, 0.2) is 17.3 Å². The van der Waals surface area contributed by atoms with Crippen LogP contribution in [-0.4, -0.2) is 84.4 Å². The number of benzene rings is 2. The van der Waals surface area contributed by atoms with Crippen molar-refractivity contribution in [3.8, 4) is 11.1 Å². The molecule has 1 saturated heterocycles. The predicted molar refractivity (Wildman–Crippen MR) is 252 cm³/mol. The van der Waals surface area contributed by atoms with Crippen LogP contribution in [0, 0.1) is 29.1 Å². The molecule has 0 aromatic heterocycles. The summed E-state index contributed by atoms with van der Waals surface area (Å²) in [5.41, 5.74) is 15.2. The molecule has 352 valence electrons. The quantitative estimate of drug-likeness (QED) is 0.0348. The molecule has 2 aromatic carbocycles. The second-order valence-electron chi connectivity index (χ2n) is 20.0. The maximum absolute atomic E-state index is 13.9. The van der Waals surface area contributed by atoms with Crippen molar-refractivity contribution in [3.63, 3.8) is 0 Å². The van der Waals surface area contributed by atoms with Gasteiger partial charge in [0.05, 0.1) is 23.9 Å². The van der Waals surface area contributed by atoms with Crippen LogP contribution >= 0.6 is 0 Å². The van der Waals surface area contributed by atoms with Gasteiger partial charge in [-0.15, -0.1) is 0 Å². The SMILES string of the molecule is CCCCc1ccc(-c2ccc(C(=O)C[C@@H](CCCN)C(=O)N[C@H](C(=O)C[C@@H](CC)C(=O)N[C@@H](CCCCN)C(=O)C[C@@H](C)B3OC4C[C@@H]5C[C@@H](C5(C)C)[C@]4(C)O3)C(C)O)cc2)cc1. The van der Waals surface area contributed by atoms with E-state index in [1.165, 1.54) is 12.5 Å². The van der Waals surface area contributed by atoms with Crippen molar-refractivity contribution in [3.05, 3.63) is 59.7 Å². The van der Waals surface area contributed by atoms with Gasteiger partial charge in [0.1, 0.15) is 6.04 Å². The highest BCUT2D eigenvalue weighted by Gasteiger charge is 2.68. The Bertz CT molecular complexity index is 1890. The van der Waals surface area contributed by atoms with Crippen LogP contribution in [0.15, 0.2) is 48.5 Å². The van der Waals surface area contributed by atoms with E-state index in [0.717, 1.165) is 43.2 Å². The number of aliphatic hydroxyl groups is 1. The Hall–Kier alpha value is -3.75. The van der Waals surface area contributed by atoms with Gasteiger partial charge >= 0.3 is 7.12 Å². The molecule has 12 nitrogen and oxygen atoms in total. The molecule has 3 aliphatic carbocycles. The van der Waals surface area contributed by atoms with Crippen LogP contribution in [0.3, 0.4) is 0 Å². The third kappa shape index (κ3) is 12.4. The van der Waals surface area contributed by atoms with Gasteiger partial charge in [0, 0.05) is 36.7 Å². The van der Waals surface area contributed by atoms with Gasteiger partial charge < -0.3 is 36.5 Å². The minimum atomic E-state index is -1.31. The first-order valence-corrected chi connectivity index (χ1v) is 24.3. The van der Waals surface area contributed by atoms with Gasteiger partial charge in [-0.2, -0.15) is 0 Å². The lowest BCUT2D eigenvalue weighted by Crippen LogP contribution is -2.65. The van der Waals surface area contributed by atoms with E-state index in [4.69, 9.17) is 20.8 Å². The van der Waals surface area contributed by atoms with Gasteiger partial charge in [-0.1, -0.05) is 89.6 Å². The Labute approximate surface area is 382 Å². The molecule has 2 unspecified atom stereocenters. The molecule has 4 aliphatic rings. The fourth-order valence-electron chi connectivity index (χ4n) is 10.5. The number of nitrogens with two attached hydrogens (primary N) is 2. The fourth-order valence-corrected chi connectivity index (χ4v) is 10.5. The molecule has 64 heavy (non-hydrogen) atoms. The van der Waals surface area contributed by atoms with E-state index >= 15 is 0 Å². The fraction of sp³-hybridized carbons (Fsp3) is 0.667. The Morgan fingerprint density at radius 1 is 0.781 bits per heavy atom. The second kappa shape index (κ2) is 23.1. The molecule has 6 rings (SSSR count). The van der Waals surface area contributed by atoms with Crippen molar-refractivity contribution in [2.75, 3.05) is 13.1 Å². The zero-order valence-electron chi connectivity index (χ0n) is 39.7. The van der Waals surface area contributed by atoms with E-state index in [-0.39, 0.29) is 54.6 Å². The van der Waals surface area contributed by atoms with Crippen LogP contribution in [0.5, 0.6) is 0 Å². The molecular weight excluding hydrogens is 807 g/mol. The maximum Gasteiger partial charge on any atom is 0.461 e. The van der Waals surface area contributed by atoms with Crippen molar-refractivity contribution in [2.45, 2.75) is 174 Å². The maximum atomic E-state index is 13.9. The third-order valence-electron chi connectivity index (χ3n) is 14.9. The van der Waals surface area contributed by atoms with Crippen LogP contribution in [0.2, 0.25) is 5.82 Å². The van der Waals surface area contributed by atoms with Gasteiger partial charge in [-0.3, -0.25) is 24.0 Å². The van der Waals surface area contributed by atoms with Crippen molar-refractivity contribution in [1.29, 1.82) is 0 Å². The summed E-state index contributed by atoms with van der Waals surface area (Å²) in [7, 11) is -0.522. The highest BCUT2D eigenvalue weighted by molar-refractivity contribution is 6.47. The monoisotopic (exact) mass is 885 g/mol. The number of hydrogen-bond donors (Lipinski definition) is 5. The van der Waals surface area contributed by atoms with E-state index in [0.29, 0.717) is 62.6 Å². The standard InChI is InChI=1S/C51H77BN4O8/c1-8-10-14-34-17-19-36(20-18-34)37-21-23-38(24-22-37)42(58)29-39(15-13-26-54)49(62)56-47(33(4)57)44(60)28-35(9-2)48(61)55-41(16-11-12-25-53)43(59)27-32(3)52-63-46-31-40-30-45(50(40,5)6)51(46,7)64-52/h17-24,32-33,35,39-41,45-47,57H,8-16,25-31,53-54H2,1-7H3,(H,55,61)(H,56,62)/t32-,33?,35-,39-,40+,41+,45+,46?,47+,51+/m1/s1. The summed E-state index contributed by atoms with van der Waals surface area (Å²) in [4.78, 5) is 69.0. The van der Waals surface area contributed by atoms with Crippen molar-refractivity contribution >= 4 is 36.3 Å². The first kappa shape index (κ1) is 51.2. The van der Waals surface area contributed by atoms with Crippen LogP contribution < -0.4 is 22.1 Å². The third-order valence-corrected chi connectivity index (χ3v) is 14.9. The number of unbranched alkanes of at least 4 members (excludes halogenated alkanes) is 2. The predicted octanol–water partition coefficient (Wildman–Crippen LogP) is 7.17. The minimum absolute atomic E-state index is 0.00294. The summed E-state index contributed by atoms with van der Waals surface area (Å²) < 4.78 is 13.1. The summed E-state index contributed by atoms with van der Waals surface area (Å²) in [6.45, 7) is 14.9. The van der Waals surface area contributed by atoms with Crippen LogP contribution in [0.1, 0.15) is 148 Å². The normalized spacial score (nSPS) is 23.7. The van der Waals surface area contributed by atoms with Crippen LogP contribution in [0.25, 0.3) is 11.1 Å². The number of aliphatic hydroxyl groups excluding tert-OH is 1. The summed E-state index contributed by atoms with van der Waals surface area (Å²) in [6.07, 6.45) is 6.71. The Kier molecular flexibility index (Phi) is 18.5. The van der Waals surface area contributed by atoms with E-state index in [2.05, 4.69) is 62.6 Å². The number of aryl methyl sites for hydroxylation is 1. The Morgan fingerprint density at radius 2 is 1.42 bits per heavy atom. The molecule has 1 heterocycles. The lowest BCUT2D eigenvalue weighted by Gasteiger charge is -2.64. The summed E-state index contributed by atoms with van der Waals surface area (Å²) in [6, 6.07) is 13.7. The van der Waals surface area contributed by atoms with Crippen molar-refractivity contribution in [1.82, 2.24) is 10.6 Å². The lowest BCUT2D eigenvalue weighted by molar-refractivity contribution is -0.199. The zero-order valence-corrected chi connectivity index (χ0v) is 39.7. The van der Waals surface area contributed by atoms with Crippen molar-refractivity contribution < 1.29 is 38.4 Å². The average Bonchev–Trinajstić information content (AvgIpc) is 3.65. The number of carbonyl (C=O) groups excluding carboxylic acids is 5. The smallest absolute Gasteiger partial charge is 0.405 e. The summed E-state index contributed by atoms with van der Waals surface area (Å²) in [5.74, 6) is -2.70. The van der Waals surface area contributed by atoms with Crippen molar-refractivity contribution in [2.24, 2.45) is 40.6 Å². The Morgan fingerprint density at radius 3 is 2.02 bits per heavy atom. The molecule has 2 aromatic rings. The largest absolute Gasteiger partial charge is 0.461 e. The minimum Gasteiger partial charge on any atom is -0.405 e. The van der Waals surface area contributed by atoms with Gasteiger partial charge in [0.25, 0.3) is 0 Å². The van der Waals surface area contributed by atoms with Crippen LogP contribution in [0.4, 0.5) is 0 Å². The second-order valence-corrected chi connectivity index (χ2v) is 20.0. The molecule has 3 saturated carbocycles. The van der Waals surface area contributed by atoms with Gasteiger partial charge in [0.2, 0.25) is 11.8 Å². The number of ketones is 3. The number of Topliss-reactive ketones (excluding diaryl/α,β-unsaturated/α-hetero) is 3. The molecule has 4 fully saturated rings. The average molecular weight is 885 g/mol. The summed E-state index contributed by atoms with van der Waals surface area (Å²) in [5, 5.41) is 16.5. The molecule has 2 bridgehead atoms. The number of hydrogen-bond acceptors (Lipinski definition) is 10. The number of amides is 2. The van der Waals surface area contributed by atoms with Gasteiger partial charge in [-0.05, 0) is 131 Å². The first-order chi connectivity index (χ1) is 30.5. The van der Waals surface area contributed by atoms with E-state index in [1.54, 1.807) is 19.1 Å². The van der Waals surface area contributed by atoms with E-state index in [9.17, 15) is 29.1 Å². The molecular formula is C51H77BN4O8. The highest BCUT2D eigenvalue weighted by Crippen LogP contribution is 2.66. The summed E-state index contributed by atoms with van der Waals surface area (Å²) >= 11 is 0. The molecule has 0 spiro atoms. The molecule has 10 atom stereocenters. The highest BCUT2D eigenvalue weighted by atomic mass is 16.7. The number of carbonyl (C=O) groups is 5. The first-order valence-electron chi connectivity index (χ1n) is 24.3. The van der Waals surface area contributed by atoms with E-state index in [1.807, 2.05) is 19.1 Å². The topological polar surface area (TPSA) is 200 Å². The molecule has 7 N–H and O–H groups in total. The molecule has 0 radical (unpaired) electrons. The number of nitrogens with one attached hydrogen (secondary N) is 2. The lowest BCUT2D eigenvalue weighted by atomic mass is 9.43. The molecule has 13 heteroatoms. The molecule has 1 aliphatic heterocycles. The number of rotatable bonds is 27. The zero-order chi connectivity index (χ0) is 46.8. The van der Waals surface area contributed by atoms with Gasteiger partial charge in [-0.25, -0.2) is 0 Å². The Balaban J connectivity index is 1.18. The molecule has 2 amide bonds. The van der Waals surface area contributed by atoms with Crippen LogP contribution in [-0.2, 0) is 34.9 Å². The van der Waals surface area contributed by atoms with E-state index < -0.39 is 60.3 Å².